The van der Waals surface area contributed by atoms with E-state index < -0.39 is 19.5 Å². The van der Waals surface area contributed by atoms with Crippen molar-refractivity contribution in [3.8, 4) is 0 Å². The third-order valence-electron chi connectivity index (χ3n) is 0.227. The van der Waals surface area contributed by atoms with E-state index in [-0.39, 0.29) is 0 Å². The van der Waals surface area contributed by atoms with Gasteiger partial charge in [-0.2, -0.15) is 0 Å². The second-order valence-electron chi connectivity index (χ2n) is 0.734. The maximum atomic E-state index is 9.79. The van der Waals surface area contributed by atoms with Crippen LogP contribution in [0.25, 0.3) is 0 Å². The van der Waals surface area contributed by atoms with Gasteiger partial charge in [0.05, 0.1) is 6.54 Å². The summed E-state index contributed by atoms with van der Waals surface area (Å²) in [5.74, 6) is -1.20. The van der Waals surface area contributed by atoms with Gasteiger partial charge in [-0.05, 0) is 7.00 Å². The molecule has 3 heteroatoms. The second-order valence-corrected chi connectivity index (χ2v) is 0.734. The van der Waals surface area contributed by atoms with Crippen LogP contribution in [-0.2, 0) is 4.79 Å². The lowest BCUT2D eigenvalue weighted by molar-refractivity contribution is -0.135. The van der Waals surface area contributed by atoms with Crippen molar-refractivity contribution in [3.05, 3.63) is 0 Å². The number of carboxylic acid groups (broad SMARTS) is 1. The third-order valence-corrected chi connectivity index (χ3v) is 0.227. The molecular formula is C3H7NO2. The second kappa shape index (κ2) is 2.66. The van der Waals surface area contributed by atoms with Gasteiger partial charge >= 0.3 is 5.97 Å². The molecule has 0 aromatic carbocycles. The first-order valence-corrected chi connectivity index (χ1v) is 1.36. The Morgan fingerprint density at radius 3 is 3.33 bits per heavy atom. The molecule has 0 rings (SSSR count). The summed E-state index contributed by atoms with van der Waals surface area (Å²) in [6.45, 7) is -2.11. The minimum absolute atomic E-state index is 0.350. The van der Waals surface area contributed by atoms with Crippen molar-refractivity contribution in [2.75, 3.05) is 13.5 Å². The van der Waals surface area contributed by atoms with Gasteiger partial charge in [-0.1, -0.05) is 0 Å². The van der Waals surface area contributed by atoms with Crippen LogP contribution >= 0.6 is 0 Å². The zero-order valence-corrected chi connectivity index (χ0v) is 3.09. The van der Waals surface area contributed by atoms with E-state index in [1.165, 1.54) is 0 Å². The van der Waals surface area contributed by atoms with Crippen LogP contribution in [0.4, 0.5) is 0 Å². The van der Waals surface area contributed by atoms with Gasteiger partial charge in [0, 0.05) is 2.74 Å². The Labute approximate surface area is 40.2 Å². The molecule has 0 radical (unpaired) electrons. The van der Waals surface area contributed by atoms with E-state index in [1.54, 1.807) is 0 Å². The molecule has 0 spiro atoms. The maximum absolute atomic E-state index is 9.79. The molecule has 36 valence electrons. The number of carbonyl (C=O) groups is 1. The van der Waals surface area contributed by atoms with Gasteiger partial charge in [0.25, 0.3) is 0 Å². The highest BCUT2D eigenvalue weighted by molar-refractivity contribution is 5.68. The van der Waals surface area contributed by atoms with Crippen molar-refractivity contribution in [2.45, 2.75) is 0 Å². The van der Waals surface area contributed by atoms with Crippen LogP contribution in [0.2, 0.25) is 1.41 Å². The van der Waals surface area contributed by atoms with Crippen molar-refractivity contribution in [1.82, 2.24) is 5.31 Å². The number of hydrogen-bond donors (Lipinski definition) is 2. The molecule has 0 aromatic rings. The average molecular weight is 92.1 g/mol. The summed E-state index contributed by atoms with van der Waals surface area (Å²) in [7, 11) is 0. The molecule has 0 aliphatic heterocycles. The molecule has 0 saturated heterocycles. The van der Waals surface area contributed by atoms with Gasteiger partial charge in [-0.3, -0.25) is 4.79 Å². The first-order chi connectivity index (χ1) is 4.04. The fraction of sp³-hybridized carbons (Fsp3) is 0.667. The molecule has 3 nitrogen and oxygen atoms in total. The Balaban J connectivity index is 3.50. The topological polar surface area (TPSA) is 49.3 Å². The summed E-state index contributed by atoms with van der Waals surface area (Å²) in [5, 5.41) is 8.35. The fourth-order valence-electron chi connectivity index (χ4n) is 0.0781. The number of rotatable bonds is 2. The first-order valence-electron chi connectivity index (χ1n) is 2.96. The van der Waals surface area contributed by atoms with E-state index in [4.69, 9.17) is 9.26 Å². The minimum Gasteiger partial charge on any atom is -0.480 e. The van der Waals surface area contributed by atoms with Gasteiger partial charge in [0.15, 0.2) is 0 Å². The molecule has 0 amide bonds. The monoisotopic (exact) mass is 92.1 g/mol. The highest BCUT2D eigenvalue weighted by Crippen LogP contribution is 1.50. The smallest absolute Gasteiger partial charge is 0.317 e. The van der Waals surface area contributed by atoms with E-state index in [0.717, 1.165) is 0 Å². The quantitative estimate of drug-likeness (QED) is 0.473. The molecular weight excluding hydrogens is 82.0 g/mol. The predicted molar refractivity (Wildman–Crippen MR) is 21.6 cm³/mol. The van der Waals surface area contributed by atoms with Crippen molar-refractivity contribution in [3.63, 3.8) is 0 Å². The summed E-state index contributed by atoms with van der Waals surface area (Å²) >= 11 is 0. The molecule has 0 unspecified atom stereocenters. The van der Waals surface area contributed by atoms with E-state index in [1.807, 2.05) is 0 Å². The predicted octanol–water partition coefficient (Wildman–Crippen LogP) is -0.710. The largest absolute Gasteiger partial charge is 0.480 e. The van der Waals surface area contributed by atoms with Crippen LogP contribution in [0.15, 0.2) is 0 Å². The van der Waals surface area contributed by atoms with Crippen LogP contribution in [0.3, 0.4) is 0 Å². The molecule has 0 aliphatic rings. The summed E-state index contributed by atoms with van der Waals surface area (Å²) in [4.78, 5) is 9.79. The molecule has 0 fully saturated rings. The Hall–Kier alpha value is -0.570. The minimum atomic E-state index is -1.53. The molecule has 0 aromatic heterocycles. The Kier molecular flexibility index (Phi) is 0.854. The Morgan fingerprint density at radius 2 is 3.17 bits per heavy atom. The van der Waals surface area contributed by atoms with E-state index >= 15 is 0 Å². The van der Waals surface area contributed by atoms with Crippen LogP contribution in [0, 0.1) is 0 Å². The molecule has 0 atom stereocenters. The van der Waals surface area contributed by atoms with Gasteiger partial charge in [-0.25, -0.2) is 0 Å². The summed E-state index contributed by atoms with van der Waals surface area (Å²) < 4.78 is 19.7. The summed E-state index contributed by atoms with van der Waals surface area (Å²) in [6, 6.07) is 0. The van der Waals surface area contributed by atoms with Crippen LogP contribution < -0.4 is 5.31 Å². The number of carboxylic acids is 1. The molecule has 0 heterocycles. The van der Waals surface area contributed by atoms with E-state index in [9.17, 15) is 4.79 Å². The van der Waals surface area contributed by atoms with Crippen LogP contribution in [0.5, 0.6) is 0 Å². The Morgan fingerprint density at radius 1 is 2.50 bits per heavy atom. The zero-order valence-electron chi connectivity index (χ0n) is 6.09. The van der Waals surface area contributed by atoms with Crippen LogP contribution in [-0.4, -0.2) is 24.6 Å². The normalized spacial score (nSPS) is 16.7. The van der Waals surface area contributed by atoms with Gasteiger partial charge in [0.1, 0.15) is 1.41 Å². The SMILES string of the molecule is [2H]C([2H])N([2H])CC(=O)O. The van der Waals surface area contributed by atoms with E-state index in [0.29, 0.717) is 5.31 Å². The number of aliphatic carboxylic acids is 1. The van der Waals surface area contributed by atoms with Gasteiger partial charge in [0.2, 0.25) is 0 Å². The fourth-order valence-corrected chi connectivity index (χ4v) is 0.0781. The molecule has 0 bridgehead atoms. The molecule has 0 aliphatic carbocycles. The Bertz CT molecular complexity index is 107. The lowest BCUT2D eigenvalue weighted by Crippen LogP contribution is -2.16. The third kappa shape index (κ3) is 3.43. The highest BCUT2D eigenvalue weighted by atomic mass is 16.4. The van der Waals surface area contributed by atoms with Crippen molar-refractivity contribution in [2.24, 2.45) is 0 Å². The first kappa shape index (κ1) is 1.93. The lowest BCUT2D eigenvalue weighted by Gasteiger charge is -1.84. The molecule has 2 N–H and O–H groups in total. The number of likely N-dealkylation sites (N-methyl/N-ethyl adjacent to an activating group) is 1. The lowest BCUT2D eigenvalue weighted by atomic mass is 10.7. The number of hydrogen-bond acceptors (Lipinski definition) is 2. The average Bonchev–Trinajstić information content (AvgIpc) is 1.63. The van der Waals surface area contributed by atoms with E-state index in [2.05, 4.69) is 0 Å². The van der Waals surface area contributed by atoms with Gasteiger partial charge < -0.3 is 10.4 Å². The number of nitrogens with one attached hydrogen (secondary N) is 1. The van der Waals surface area contributed by atoms with Gasteiger partial charge in [-0.15, -0.1) is 0 Å². The summed E-state index contributed by atoms with van der Waals surface area (Å²) in [6.07, 6.45) is 0. The van der Waals surface area contributed by atoms with Crippen LogP contribution in [0.1, 0.15) is 2.74 Å². The van der Waals surface area contributed by atoms with Crippen molar-refractivity contribution < 1.29 is 14.1 Å². The summed E-state index contributed by atoms with van der Waals surface area (Å²) in [5.41, 5.74) is 0. The standard InChI is InChI=1S/C3H7NO2/c1-4-2-3(5)6/h4H,2H2,1H3,(H,5,6)/i1D2/hD. The molecule has 0 saturated carbocycles. The maximum Gasteiger partial charge on any atom is 0.317 e. The highest BCUT2D eigenvalue weighted by Gasteiger charge is 1.86. The zero-order chi connectivity index (χ0) is 7.44. The van der Waals surface area contributed by atoms with Crippen molar-refractivity contribution in [1.29, 1.82) is 0 Å². The molecule has 6 heavy (non-hydrogen) atoms. The van der Waals surface area contributed by atoms with Crippen molar-refractivity contribution >= 4 is 5.97 Å².